The molecule has 0 radical (unpaired) electrons. The highest BCUT2D eigenvalue weighted by Crippen LogP contribution is 2.22. The van der Waals surface area contributed by atoms with Crippen LogP contribution in [0.2, 0.25) is 5.02 Å². The van der Waals surface area contributed by atoms with Gasteiger partial charge in [0.05, 0.1) is 17.9 Å². The van der Waals surface area contributed by atoms with E-state index in [1.807, 2.05) is 45.0 Å². The standard InChI is InChI=1S/C21H25ClN2O3/c1-4-27-17-9-5-15(6-10-17)7-12-20(25)24-19-13-16(22)8-11-18(19)21(26)23-14(2)3/h5-6,8-11,13-14H,4,7,12H2,1-3H3,(H,23,26)(H,24,25). The van der Waals surface area contributed by atoms with Crippen LogP contribution in [0.15, 0.2) is 42.5 Å². The molecule has 0 saturated carbocycles. The van der Waals surface area contributed by atoms with Crippen molar-refractivity contribution in [1.82, 2.24) is 5.32 Å². The third-order valence-electron chi connectivity index (χ3n) is 3.80. The summed E-state index contributed by atoms with van der Waals surface area (Å²) in [6, 6.07) is 12.5. The van der Waals surface area contributed by atoms with E-state index in [0.29, 0.717) is 35.7 Å². The molecule has 0 aliphatic heterocycles. The minimum Gasteiger partial charge on any atom is -0.494 e. The van der Waals surface area contributed by atoms with Crippen LogP contribution >= 0.6 is 11.6 Å². The molecule has 0 bridgehead atoms. The fourth-order valence-corrected chi connectivity index (χ4v) is 2.72. The van der Waals surface area contributed by atoms with Crippen molar-refractivity contribution in [2.45, 2.75) is 39.7 Å². The number of anilines is 1. The molecule has 0 aliphatic carbocycles. The van der Waals surface area contributed by atoms with Crippen molar-refractivity contribution in [3.05, 3.63) is 58.6 Å². The lowest BCUT2D eigenvalue weighted by Gasteiger charge is -2.14. The normalized spacial score (nSPS) is 10.6. The molecule has 2 rings (SSSR count). The number of carbonyl (C=O) groups is 2. The van der Waals surface area contributed by atoms with Crippen molar-refractivity contribution in [2.75, 3.05) is 11.9 Å². The number of aryl methyl sites for hydroxylation is 1. The van der Waals surface area contributed by atoms with Crippen LogP contribution in [-0.4, -0.2) is 24.5 Å². The lowest BCUT2D eigenvalue weighted by Crippen LogP contribution is -2.31. The van der Waals surface area contributed by atoms with Gasteiger partial charge in [0.2, 0.25) is 5.91 Å². The van der Waals surface area contributed by atoms with Gasteiger partial charge in [0.1, 0.15) is 5.75 Å². The lowest BCUT2D eigenvalue weighted by molar-refractivity contribution is -0.116. The fraction of sp³-hybridized carbons (Fsp3) is 0.333. The highest BCUT2D eigenvalue weighted by atomic mass is 35.5. The van der Waals surface area contributed by atoms with E-state index >= 15 is 0 Å². The molecular weight excluding hydrogens is 364 g/mol. The first kappa shape index (κ1) is 20.8. The largest absolute Gasteiger partial charge is 0.494 e. The third kappa shape index (κ3) is 6.61. The van der Waals surface area contributed by atoms with Gasteiger partial charge >= 0.3 is 0 Å². The second-order valence-electron chi connectivity index (χ2n) is 6.44. The molecule has 0 aliphatic rings. The van der Waals surface area contributed by atoms with Gasteiger partial charge in [0, 0.05) is 17.5 Å². The number of rotatable bonds is 8. The summed E-state index contributed by atoms with van der Waals surface area (Å²) in [6.45, 7) is 6.31. The first-order valence-electron chi connectivity index (χ1n) is 9.01. The molecule has 5 nitrogen and oxygen atoms in total. The van der Waals surface area contributed by atoms with Crippen LogP contribution in [-0.2, 0) is 11.2 Å². The minimum atomic E-state index is -0.247. The van der Waals surface area contributed by atoms with E-state index in [1.165, 1.54) is 0 Å². The Labute approximate surface area is 165 Å². The van der Waals surface area contributed by atoms with Gasteiger partial charge in [-0.15, -0.1) is 0 Å². The Kier molecular flexibility index (Phi) is 7.67. The van der Waals surface area contributed by atoms with E-state index in [-0.39, 0.29) is 17.9 Å². The average Bonchev–Trinajstić information content (AvgIpc) is 2.61. The van der Waals surface area contributed by atoms with E-state index in [4.69, 9.17) is 16.3 Å². The van der Waals surface area contributed by atoms with Crippen molar-refractivity contribution < 1.29 is 14.3 Å². The Morgan fingerprint density at radius 3 is 2.44 bits per heavy atom. The number of nitrogens with one attached hydrogen (secondary N) is 2. The quantitative estimate of drug-likeness (QED) is 0.702. The fourth-order valence-electron chi connectivity index (χ4n) is 2.55. The third-order valence-corrected chi connectivity index (χ3v) is 4.03. The van der Waals surface area contributed by atoms with Gasteiger partial charge in [-0.2, -0.15) is 0 Å². The molecular formula is C21H25ClN2O3. The summed E-state index contributed by atoms with van der Waals surface area (Å²) in [5.41, 5.74) is 1.84. The van der Waals surface area contributed by atoms with Gasteiger partial charge in [-0.1, -0.05) is 23.7 Å². The van der Waals surface area contributed by atoms with Crippen LogP contribution in [0.5, 0.6) is 5.75 Å². The molecule has 0 saturated heterocycles. The van der Waals surface area contributed by atoms with Crippen molar-refractivity contribution >= 4 is 29.1 Å². The molecule has 27 heavy (non-hydrogen) atoms. The van der Waals surface area contributed by atoms with E-state index in [2.05, 4.69) is 10.6 Å². The van der Waals surface area contributed by atoms with Gasteiger partial charge in [-0.3, -0.25) is 9.59 Å². The zero-order valence-corrected chi connectivity index (χ0v) is 16.6. The number of carbonyl (C=O) groups excluding carboxylic acids is 2. The minimum absolute atomic E-state index is 0.00334. The van der Waals surface area contributed by atoms with E-state index in [9.17, 15) is 9.59 Å². The lowest BCUT2D eigenvalue weighted by atomic mass is 10.1. The van der Waals surface area contributed by atoms with Gasteiger partial charge in [0.15, 0.2) is 0 Å². The van der Waals surface area contributed by atoms with E-state index < -0.39 is 0 Å². The number of halogens is 1. The maximum atomic E-state index is 12.4. The van der Waals surface area contributed by atoms with E-state index in [1.54, 1.807) is 18.2 Å². The molecule has 0 spiro atoms. The number of benzene rings is 2. The SMILES string of the molecule is CCOc1ccc(CCC(=O)Nc2cc(Cl)ccc2C(=O)NC(C)C)cc1. The summed E-state index contributed by atoms with van der Waals surface area (Å²) >= 11 is 6.03. The maximum absolute atomic E-state index is 12.4. The molecule has 6 heteroatoms. The zero-order valence-electron chi connectivity index (χ0n) is 15.8. The van der Waals surface area contributed by atoms with Crippen molar-refractivity contribution in [1.29, 1.82) is 0 Å². The molecule has 0 heterocycles. The molecule has 0 aromatic heterocycles. The summed E-state index contributed by atoms with van der Waals surface area (Å²) in [5.74, 6) is 0.388. The summed E-state index contributed by atoms with van der Waals surface area (Å²) in [5, 5.41) is 6.08. The Balaban J connectivity index is 2.00. The van der Waals surface area contributed by atoms with Gasteiger partial charge < -0.3 is 15.4 Å². The van der Waals surface area contributed by atoms with Crippen molar-refractivity contribution in [2.24, 2.45) is 0 Å². The topological polar surface area (TPSA) is 67.4 Å². The van der Waals surface area contributed by atoms with Crippen LogP contribution in [0, 0.1) is 0 Å². The van der Waals surface area contributed by atoms with Gasteiger partial charge in [-0.05, 0) is 63.1 Å². The van der Waals surface area contributed by atoms with Crippen LogP contribution in [0.25, 0.3) is 0 Å². The summed E-state index contributed by atoms with van der Waals surface area (Å²) < 4.78 is 5.41. The highest BCUT2D eigenvalue weighted by Gasteiger charge is 2.15. The predicted molar refractivity (Wildman–Crippen MR) is 109 cm³/mol. The second-order valence-corrected chi connectivity index (χ2v) is 6.88. The highest BCUT2D eigenvalue weighted by molar-refractivity contribution is 6.31. The van der Waals surface area contributed by atoms with Gasteiger partial charge in [0.25, 0.3) is 5.91 Å². The Morgan fingerprint density at radius 1 is 1.11 bits per heavy atom. The Morgan fingerprint density at radius 2 is 1.81 bits per heavy atom. The van der Waals surface area contributed by atoms with Gasteiger partial charge in [-0.25, -0.2) is 0 Å². The molecule has 0 unspecified atom stereocenters. The van der Waals surface area contributed by atoms with E-state index in [0.717, 1.165) is 11.3 Å². The number of ether oxygens (including phenoxy) is 1. The summed E-state index contributed by atoms with van der Waals surface area (Å²) in [4.78, 5) is 24.7. The van der Waals surface area contributed by atoms with Crippen LogP contribution in [0.3, 0.4) is 0 Å². The van der Waals surface area contributed by atoms with Crippen molar-refractivity contribution in [3.8, 4) is 5.75 Å². The average molecular weight is 389 g/mol. The predicted octanol–water partition coefficient (Wildman–Crippen LogP) is 4.45. The number of hydrogen-bond acceptors (Lipinski definition) is 3. The van der Waals surface area contributed by atoms with Crippen LogP contribution in [0.4, 0.5) is 5.69 Å². The molecule has 144 valence electrons. The molecule has 0 fully saturated rings. The molecule has 2 amide bonds. The molecule has 0 atom stereocenters. The maximum Gasteiger partial charge on any atom is 0.253 e. The summed E-state index contributed by atoms with van der Waals surface area (Å²) in [7, 11) is 0. The first-order valence-corrected chi connectivity index (χ1v) is 9.38. The first-order chi connectivity index (χ1) is 12.9. The molecule has 2 aromatic rings. The molecule has 2 N–H and O–H groups in total. The number of hydrogen-bond donors (Lipinski definition) is 2. The summed E-state index contributed by atoms with van der Waals surface area (Å²) in [6.07, 6.45) is 0.887. The van der Waals surface area contributed by atoms with Crippen molar-refractivity contribution in [3.63, 3.8) is 0 Å². The molecule has 2 aromatic carbocycles. The monoisotopic (exact) mass is 388 g/mol. The second kappa shape index (κ2) is 9.97. The number of amides is 2. The van der Waals surface area contributed by atoms with Crippen LogP contribution < -0.4 is 15.4 Å². The Bertz CT molecular complexity index is 789. The zero-order chi connectivity index (χ0) is 19.8. The Hall–Kier alpha value is -2.53. The van der Waals surface area contributed by atoms with Crippen LogP contribution in [0.1, 0.15) is 43.1 Å². The smallest absolute Gasteiger partial charge is 0.253 e.